The molecular weight excluding hydrogens is 356 g/mol. The van der Waals surface area contributed by atoms with Crippen LogP contribution in [0.5, 0.6) is 0 Å². The molecule has 0 spiro atoms. The number of hydrogen-bond acceptors (Lipinski definition) is 5. The fourth-order valence-electron chi connectivity index (χ4n) is 2.78. The van der Waals surface area contributed by atoms with E-state index in [1.54, 1.807) is 12.1 Å². The number of aromatic nitrogens is 1. The standard InChI is InChI=1S/C18H16N2O3S2/c1-10-7-13(9-15-16(21)19-18(24)25-15)11(2)20(10)14-6-4-5-12(8-14)17(22)23-3/h4-9H,1-3H3,(H,19,21,24)/b15-9-. The van der Waals surface area contributed by atoms with Crippen molar-refractivity contribution in [3.05, 3.63) is 57.8 Å². The molecule has 1 aromatic carbocycles. The molecule has 0 unspecified atom stereocenters. The number of amides is 1. The number of thioether (sulfide) groups is 1. The van der Waals surface area contributed by atoms with Gasteiger partial charge in [0.1, 0.15) is 4.32 Å². The highest BCUT2D eigenvalue weighted by Gasteiger charge is 2.23. The molecule has 25 heavy (non-hydrogen) atoms. The van der Waals surface area contributed by atoms with Crippen molar-refractivity contribution in [2.24, 2.45) is 0 Å². The number of esters is 1. The van der Waals surface area contributed by atoms with E-state index in [0.29, 0.717) is 14.8 Å². The van der Waals surface area contributed by atoms with Gasteiger partial charge in [0.25, 0.3) is 5.91 Å². The van der Waals surface area contributed by atoms with Gasteiger partial charge in [-0.25, -0.2) is 4.79 Å². The van der Waals surface area contributed by atoms with Crippen LogP contribution in [0, 0.1) is 13.8 Å². The predicted molar refractivity (Wildman–Crippen MR) is 103 cm³/mol. The van der Waals surface area contributed by atoms with Gasteiger partial charge in [-0.3, -0.25) is 4.79 Å². The summed E-state index contributed by atoms with van der Waals surface area (Å²) in [5.41, 5.74) is 4.25. The molecule has 0 aliphatic carbocycles. The lowest BCUT2D eigenvalue weighted by atomic mass is 10.2. The summed E-state index contributed by atoms with van der Waals surface area (Å²) in [6.45, 7) is 3.95. The van der Waals surface area contributed by atoms with Crippen LogP contribution in [-0.2, 0) is 9.53 Å². The van der Waals surface area contributed by atoms with E-state index in [1.807, 2.05) is 42.7 Å². The number of ether oxygens (including phenoxy) is 1. The number of carbonyl (C=O) groups is 2. The summed E-state index contributed by atoms with van der Waals surface area (Å²) in [5, 5.41) is 2.62. The summed E-state index contributed by atoms with van der Waals surface area (Å²) in [6, 6.07) is 9.25. The van der Waals surface area contributed by atoms with Crippen molar-refractivity contribution >= 4 is 46.3 Å². The number of methoxy groups -OCH3 is 1. The van der Waals surface area contributed by atoms with E-state index in [0.717, 1.165) is 22.6 Å². The monoisotopic (exact) mass is 372 g/mol. The molecule has 1 amide bonds. The first-order valence-corrected chi connectivity index (χ1v) is 8.75. The summed E-state index contributed by atoms with van der Waals surface area (Å²) < 4.78 is 7.29. The molecule has 1 aliphatic heterocycles. The van der Waals surface area contributed by atoms with Crippen LogP contribution in [0.25, 0.3) is 11.8 Å². The first-order chi connectivity index (χ1) is 11.9. The number of benzene rings is 1. The number of rotatable bonds is 3. The zero-order valence-electron chi connectivity index (χ0n) is 14.0. The van der Waals surface area contributed by atoms with Gasteiger partial charge in [0.05, 0.1) is 17.6 Å². The molecule has 2 heterocycles. The topological polar surface area (TPSA) is 60.3 Å². The molecule has 3 rings (SSSR count). The molecule has 5 nitrogen and oxygen atoms in total. The minimum atomic E-state index is -0.376. The Labute approximate surface area is 155 Å². The molecule has 1 aromatic heterocycles. The maximum atomic E-state index is 11.9. The van der Waals surface area contributed by atoms with Gasteiger partial charge in [0.2, 0.25) is 0 Å². The average molecular weight is 372 g/mol. The highest BCUT2D eigenvalue weighted by molar-refractivity contribution is 8.26. The molecule has 1 fully saturated rings. The van der Waals surface area contributed by atoms with Crippen molar-refractivity contribution in [3.8, 4) is 5.69 Å². The zero-order chi connectivity index (χ0) is 18.1. The van der Waals surface area contributed by atoms with Gasteiger partial charge in [0, 0.05) is 17.1 Å². The zero-order valence-corrected chi connectivity index (χ0v) is 15.6. The summed E-state index contributed by atoms with van der Waals surface area (Å²) in [6.07, 6.45) is 1.84. The Balaban J connectivity index is 2.04. The second-order valence-electron chi connectivity index (χ2n) is 5.56. The second kappa shape index (κ2) is 6.85. The lowest BCUT2D eigenvalue weighted by molar-refractivity contribution is -0.115. The summed E-state index contributed by atoms with van der Waals surface area (Å²) in [4.78, 5) is 24.2. The minimum absolute atomic E-state index is 0.174. The number of hydrogen-bond donors (Lipinski definition) is 1. The third kappa shape index (κ3) is 3.38. The molecule has 1 aliphatic rings. The number of aryl methyl sites for hydroxylation is 1. The fraction of sp³-hybridized carbons (Fsp3) is 0.167. The molecule has 0 atom stereocenters. The lowest BCUT2D eigenvalue weighted by Gasteiger charge is -2.11. The summed E-state index contributed by atoms with van der Waals surface area (Å²) in [7, 11) is 1.36. The number of nitrogens with one attached hydrogen (secondary N) is 1. The van der Waals surface area contributed by atoms with E-state index < -0.39 is 0 Å². The van der Waals surface area contributed by atoms with Gasteiger partial charge in [-0.2, -0.15) is 0 Å². The van der Waals surface area contributed by atoms with Crippen LogP contribution in [0.1, 0.15) is 27.3 Å². The maximum Gasteiger partial charge on any atom is 0.337 e. The Kier molecular flexibility index (Phi) is 4.78. The molecule has 0 bridgehead atoms. The van der Waals surface area contributed by atoms with Crippen LogP contribution in [0.15, 0.2) is 35.2 Å². The van der Waals surface area contributed by atoms with Crippen LogP contribution in [-0.4, -0.2) is 27.9 Å². The Bertz CT molecular complexity index is 928. The predicted octanol–water partition coefficient (Wildman–Crippen LogP) is 3.37. The third-order valence-electron chi connectivity index (χ3n) is 3.92. The van der Waals surface area contributed by atoms with Gasteiger partial charge >= 0.3 is 5.97 Å². The molecule has 128 valence electrons. The van der Waals surface area contributed by atoms with E-state index in [2.05, 4.69) is 5.32 Å². The SMILES string of the molecule is COC(=O)c1cccc(-n2c(C)cc(/C=C3\SC(=S)NC3=O)c2C)c1. The van der Waals surface area contributed by atoms with Crippen molar-refractivity contribution in [2.45, 2.75) is 13.8 Å². The smallest absolute Gasteiger partial charge is 0.337 e. The Morgan fingerprint density at radius 1 is 1.32 bits per heavy atom. The molecule has 0 radical (unpaired) electrons. The minimum Gasteiger partial charge on any atom is -0.465 e. The summed E-state index contributed by atoms with van der Waals surface area (Å²) in [5.74, 6) is -0.549. The van der Waals surface area contributed by atoms with Gasteiger partial charge in [0.15, 0.2) is 0 Å². The van der Waals surface area contributed by atoms with E-state index in [1.165, 1.54) is 18.9 Å². The molecule has 0 saturated carbocycles. The van der Waals surface area contributed by atoms with Gasteiger partial charge < -0.3 is 14.6 Å². The Morgan fingerprint density at radius 3 is 2.72 bits per heavy atom. The number of carbonyl (C=O) groups excluding carboxylic acids is 2. The van der Waals surface area contributed by atoms with E-state index >= 15 is 0 Å². The number of nitrogens with zero attached hydrogens (tertiary/aromatic N) is 1. The van der Waals surface area contributed by atoms with Gasteiger partial charge in [-0.05, 0) is 49.8 Å². The van der Waals surface area contributed by atoms with Crippen molar-refractivity contribution in [1.29, 1.82) is 0 Å². The van der Waals surface area contributed by atoms with Crippen LogP contribution >= 0.6 is 24.0 Å². The van der Waals surface area contributed by atoms with Gasteiger partial charge in [-0.1, -0.05) is 30.0 Å². The van der Waals surface area contributed by atoms with Crippen molar-refractivity contribution in [2.75, 3.05) is 7.11 Å². The van der Waals surface area contributed by atoms with Crippen LogP contribution in [0.4, 0.5) is 0 Å². The highest BCUT2D eigenvalue weighted by Crippen LogP contribution is 2.29. The normalized spacial score (nSPS) is 15.6. The van der Waals surface area contributed by atoms with Gasteiger partial charge in [-0.15, -0.1) is 0 Å². The average Bonchev–Trinajstić information content (AvgIpc) is 3.05. The van der Waals surface area contributed by atoms with Crippen molar-refractivity contribution in [3.63, 3.8) is 0 Å². The van der Waals surface area contributed by atoms with Crippen molar-refractivity contribution in [1.82, 2.24) is 9.88 Å². The molecule has 2 aromatic rings. The van der Waals surface area contributed by atoms with E-state index in [-0.39, 0.29) is 11.9 Å². The lowest BCUT2D eigenvalue weighted by Crippen LogP contribution is -2.17. The first kappa shape index (κ1) is 17.4. The second-order valence-corrected chi connectivity index (χ2v) is 7.27. The molecule has 7 heteroatoms. The van der Waals surface area contributed by atoms with Crippen LogP contribution in [0.2, 0.25) is 0 Å². The highest BCUT2D eigenvalue weighted by atomic mass is 32.2. The quantitative estimate of drug-likeness (QED) is 0.509. The largest absolute Gasteiger partial charge is 0.465 e. The Hall–Kier alpha value is -2.38. The third-order valence-corrected chi connectivity index (χ3v) is 5.09. The van der Waals surface area contributed by atoms with E-state index in [9.17, 15) is 9.59 Å². The summed E-state index contributed by atoms with van der Waals surface area (Å²) >= 11 is 6.28. The Morgan fingerprint density at radius 2 is 2.08 bits per heavy atom. The molecule has 1 saturated heterocycles. The fourth-order valence-corrected chi connectivity index (χ4v) is 3.82. The van der Waals surface area contributed by atoms with Crippen LogP contribution < -0.4 is 5.32 Å². The van der Waals surface area contributed by atoms with E-state index in [4.69, 9.17) is 17.0 Å². The number of thiocarbonyl (C=S) groups is 1. The maximum absolute atomic E-state index is 11.9. The van der Waals surface area contributed by atoms with Crippen molar-refractivity contribution < 1.29 is 14.3 Å². The molecular formula is C18H16N2O3S2. The first-order valence-electron chi connectivity index (χ1n) is 7.53. The molecule has 1 N–H and O–H groups in total. The van der Waals surface area contributed by atoms with Crippen LogP contribution in [0.3, 0.4) is 0 Å².